The van der Waals surface area contributed by atoms with Gasteiger partial charge in [-0.15, -0.1) is 0 Å². The van der Waals surface area contributed by atoms with Crippen molar-refractivity contribution in [2.75, 3.05) is 18.1 Å². The molecule has 216 valence electrons. The zero-order valence-electron chi connectivity index (χ0n) is 24.7. The number of amides is 2. The van der Waals surface area contributed by atoms with Crippen LogP contribution >= 0.6 is 0 Å². The third-order valence-electron chi connectivity index (χ3n) is 9.33. The summed E-state index contributed by atoms with van der Waals surface area (Å²) in [6.45, 7) is 10.3. The summed E-state index contributed by atoms with van der Waals surface area (Å²) in [5.41, 5.74) is 6.98. The number of fused-ring (bicyclic) bond motifs is 1. The van der Waals surface area contributed by atoms with E-state index in [0.717, 1.165) is 47.9 Å². The Morgan fingerprint density at radius 3 is 2.36 bits per heavy atom. The van der Waals surface area contributed by atoms with Crippen LogP contribution in [0.15, 0.2) is 72.3 Å². The molecule has 1 unspecified atom stereocenters. The molecule has 1 fully saturated rings. The Morgan fingerprint density at radius 1 is 0.929 bits per heavy atom. The molecule has 0 radical (unpaired) electrons. The second-order valence-corrected chi connectivity index (χ2v) is 12.0. The fourth-order valence-electron chi connectivity index (χ4n) is 7.03. The second kappa shape index (κ2) is 11.2. The van der Waals surface area contributed by atoms with Crippen molar-refractivity contribution in [2.45, 2.75) is 71.4 Å². The number of allylic oxidation sites excluding steroid dienone is 1. The zero-order valence-corrected chi connectivity index (χ0v) is 24.7. The molecule has 1 saturated carbocycles. The highest BCUT2D eigenvalue weighted by Crippen LogP contribution is 2.45. The van der Waals surface area contributed by atoms with Gasteiger partial charge in [-0.2, -0.15) is 0 Å². The number of imide groups is 1. The van der Waals surface area contributed by atoms with E-state index in [-0.39, 0.29) is 24.5 Å². The number of rotatable bonds is 7. The lowest BCUT2D eigenvalue weighted by molar-refractivity contribution is -0.138. The molecule has 0 N–H and O–H groups in total. The molecule has 3 aromatic rings. The van der Waals surface area contributed by atoms with Crippen molar-refractivity contribution < 1.29 is 19.1 Å². The molecular weight excluding hydrogens is 524 g/mol. The van der Waals surface area contributed by atoms with Crippen molar-refractivity contribution in [1.29, 1.82) is 0 Å². The van der Waals surface area contributed by atoms with E-state index in [4.69, 9.17) is 4.74 Å². The van der Waals surface area contributed by atoms with Crippen LogP contribution in [-0.2, 0) is 9.53 Å². The largest absolute Gasteiger partial charge is 0.460 e. The minimum Gasteiger partial charge on any atom is -0.460 e. The van der Waals surface area contributed by atoms with Crippen LogP contribution in [0.25, 0.3) is 16.3 Å². The molecule has 0 bridgehead atoms. The van der Waals surface area contributed by atoms with E-state index in [1.165, 1.54) is 22.5 Å². The number of esters is 1. The number of nitrogens with zero attached hydrogens (tertiary/aromatic N) is 2. The van der Waals surface area contributed by atoms with E-state index in [1.807, 2.05) is 48.5 Å². The average Bonchev–Trinajstić information content (AvgIpc) is 3.00. The van der Waals surface area contributed by atoms with Crippen molar-refractivity contribution in [3.63, 3.8) is 0 Å². The molecule has 0 spiro atoms. The van der Waals surface area contributed by atoms with Gasteiger partial charge in [0.05, 0.1) is 12.6 Å². The van der Waals surface area contributed by atoms with Gasteiger partial charge in [0.15, 0.2) is 0 Å². The first-order valence-corrected chi connectivity index (χ1v) is 15.1. The van der Waals surface area contributed by atoms with Crippen molar-refractivity contribution in [2.24, 2.45) is 0 Å². The van der Waals surface area contributed by atoms with E-state index in [9.17, 15) is 14.4 Å². The van der Waals surface area contributed by atoms with Crippen LogP contribution in [0, 0.1) is 0 Å². The van der Waals surface area contributed by atoms with Crippen LogP contribution in [0.2, 0.25) is 0 Å². The van der Waals surface area contributed by atoms with E-state index >= 15 is 0 Å². The van der Waals surface area contributed by atoms with Crippen LogP contribution in [0.4, 0.5) is 5.69 Å². The molecule has 6 heteroatoms. The normalized spacial score (nSPS) is 18.7. The maximum atomic E-state index is 14.2. The second-order valence-electron chi connectivity index (χ2n) is 12.0. The lowest BCUT2D eigenvalue weighted by Gasteiger charge is -2.39. The molecule has 1 heterocycles. The lowest BCUT2D eigenvalue weighted by Crippen LogP contribution is -2.44. The maximum absolute atomic E-state index is 14.2. The van der Waals surface area contributed by atoms with E-state index < -0.39 is 5.97 Å². The van der Waals surface area contributed by atoms with Gasteiger partial charge >= 0.3 is 5.97 Å². The van der Waals surface area contributed by atoms with Crippen LogP contribution in [-0.4, -0.2) is 41.9 Å². The summed E-state index contributed by atoms with van der Waals surface area (Å²) >= 11 is 0. The van der Waals surface area contributed by atoms with Gasteiger partial charge in [-0.25, -0.2) is 4.79 Å². The molecule has 42 heavy (non-hydrogen) atoms. The van der Waals surface area contributed by atoms with E-state index in [0.29, 0.717) is 41.1 Å². The zero-order chi connectivity index (χ0) is 29.5. The summed E-state index contributed by atoms with van der Waals surface area (Å²) < 4.78 is 5.50. The Hall–Kier alpha value is -4.19. The predicted octanol–water partition coefficient (Wildman–Crippen LogP) is 7.63. The molecule has 2 aliphatic carbocycles. The lowest BCUT2D eigenvalue weighted by atomic mass is 9.81. The molecule has 3 aliphatic rings. The van der Waals surface area contributed by atoms with Crippen molar-refractivity contribution in [1.82, 2.24) is 4.90 Å². The van der Waals surface area contributed by atoms with Crippen LogP contribution in [0.1, 0.15) is 97.2 Å². The van der Waals surface area contributed by atoms with Gasteiger partial charge in [-0.05, 0) is 74.9 Å². The number of anilines is 1. The van der Waals surface area contributed by atoms with E-state index in [2.05, 4.69) is 31.4 Å². The average molecular weight is 563 g/mol. The fraction of sp³-hybridized carbons (Fsp3) is 0.361. The molecule has 6 nitrogen and oxygen atoms in total. The van der Waals surface area contributed by atoms with Gasteiger partial charge in [-0.3, -0.25) is 14.5 Å². The third kappa shape index (κ3) is 4.73. The highest BCUT2D eigenvalue weighted by atomic mass is 16.5. The summed E-state index contributed by atoms with van der Waals surface area (Å²) in [6, 6.07) is 17.7. The van der Waals surface area contributed by atoms with Crippen molar-refractivity contribution >= 4 is 39.8 Å². The first-order chi connectivity index (χ1) is 20.3. The Kier molecular flexibility index (Phi) is 7.48. The molecule has 2 amide bonds. The minimum absolute atomic E-state index is 0.240. The Labute approximate surface area is 247 Å². The van der Waals surface area contributed by atoms with E-state index in [1.54, 1.807) is 6.92 Å². The quantitative estimate of drug-likeness (QED) is 0.168. The predicted molar refractivity (Wildman–Crippen MR) is 167 cm³/mol. The number of hydrogen-bond acceptors (Lipinski definition) is 5. The highest BCUT2D eigenvalue weighted by molar-refractivity contribution is 6.27. The number of carbonyl (C=O) groups is 3. The van der Waals surface area contributed by atoms with Gasteiger partial charge in [-0.1, -0.05) is 67.8 Å². The van der Waals surface area contributed by atoms with Crippen LogP contribution < -0.4 is 4.90 Å². The molecule has 0 aromatic heterocycles. The smallest absolute Gasteiger partial charge is 0.333 e. The Morgan fingerprint density at radius 2 is 1.62 bits per heavy atom. The first-order valence-electron chi connectivity index (χ1n) is 15.1. The standard InChI is InChI=1S/C36H38N2O4/c1-22(2)36(41)42-20-19-37(25-11-6-5-7-12-25)31-18-17-30-33-28(31)15-10-16-29(33)34(39)38(35(30)40)32-21-23(3)24(4)26-13-8-9-14-27(26)32/h8-10,13-18,25,32H,1,5-7,11-12,19-21H2,2-4H3. The number of carbonyl (C=O) groups excluding carboxylic acids is 3. The first kappa shape index (κ1) is 28.0. The van der Waals surface area contributed by atoms with Crippen LogP contribution in [0.3, 0.4) is 0 Å². The molecule has 1 atom stereocenters. The molecule has 6 rings (SSSR count). The number of ether oxygens (including phenoxy) is 1. The fourth-order valence-corrected chi connectivity index (χ4v) is 7.03. The monoisotopic (exact) mass is 562 g/mol. The summed E-state index contributed by atoms with van der Waals surface area (Å²) in [5, 5.41) is 1.60. The molecular formula is C36H38N2O4. The van der Waals surface area contributed by atoms with Crippen molar-refractivity contribution in [3.8, 4) is 0 Å². The number of hydrogen-bond donors (Lipinski definition) is 0. The number of benzene rings is 3. The Balaban J connectivity index is 1.40. The van der Waals surface area contributed by atoms with Gasteiger partial charge in [0, 0.05) is 39.2 Å². The van der Waals surface area contributed by atoms with Gasteiger partial charge in [0.1, 0.15) is 6.61 Å². The summed E-state index contributed by atoms with van der Waals surface area (Å²) in [5.74, 6) is -0.889. The van der Waals surface area contributed by atoms with Crippen molar-refractivity contribution in [3.05, 3.63) is 94.6 Å². The Bertz CT molecular complexity index is 1620. The maximum Gasteiger partial charge on any atom is 0.333 e. The van der Waals surface area contributed by atoms with Gasteiger partial charge in [0.2, 0.25) is 0 Å². The topological polar surface area (TPSA) is 66.9 Å². The molecule has 3 aromatic carbocycles. The van der Waals surface area contributed by atoms with Gasteiger partial charge in [0.25, 0.3) is 11.8 Å². The molecule has 1 aliphatic heterocycles. The SMILES string of the molecule is C=C(C)C(=O)OCCN(c1ccc2c3c(cccc13)C(=O)N(C1CC(C)=C(C)c3ccccc31)C2=O)C1CCCCC1. The summed E-state index contributed by atoms with van der Waals surface area (Å²) in [6.07, 6.45) is 6.25. The van der Waals surface area contributed by atoms with Gasteiger partial charge < -0.3 is 9.64 Å². The minimum atomic E-state index is -0.392. The third-order valence-corrected chi connectivity index (χ3v) is 9.33. The summed E-state index contributed by atoms with van der Waals surface area (Å²) in [4.78, 5) is 44.4. The highest BCUT2D eigenvalue weighted by Gasteiger charge is 2.41. The summed E-state index contributed by atoms with van der Waals surface area (Å²) in [7, 11) is 0. The van der Waals surface area contributed by atoms with Crippen LogP contribution in [0.5, 0.6) is 0 Å². The molecule has 0 saturated heterocycles.